The number of benzene rings is 1. The van der Waals surface area contributed by atoms with Crippen LogP contribution < -0.4 is 0 Å². The first-order chi connectivity index (χ1) is 12.3. The second-order valence-corrected chi connectivity index (χ2v) is 9.60. The monoisotopic (exact) mass is 436 g/mol. The van der Waals surface area contributed by atoms with Gasteiger partial charge in [-0.3, -0.25) is 4.90 Å². The number of ether oxygens (including phenoxy) is 1. The predicted octanol–water partition coefficient (Wildman–Crippen LogP) is 5.23. The first kappa shape index (κ1) is 19.4. The van der Waals surface area contributed by atoms with Crippen LogP contribution in [0.25, 0.3) is 10.4 Å². The molecular formula is C20H25BrN2O2S. The van der Waals surface area contributed by atoms with E-state index in [1.165, 1.54) is 15.3 Å². The Bertz CT molecular complexity index is 761. The molecule has 26 heavy (non-hydrogen) atoms. The minimum atomic E-state index is -0.436. The van der Waals surface area contributed by atoms with Crippen LogP contribution in [0, 0.1) is 0 Å². The van der Waals surface area contributed by atoms with E-state index < -0.39 is 5.60 Å². The number of carbonyl (C=O) groups excluding carboxylic acids is 1. The summed E-state index contributed by atoms with van der Waals surface area (Å²) in [5.41, 5.74) is 0.805. The van der Waals surface area contributed by atoms with E-state index in [1.54, 1.807) is 0 Å². The number of rotatable bonds is 3. The highest BCUT2D eigenvalue weighted by Crippen LogP contribution is 2.30. The zero-order valence-corrected chi connectivity index (χ0v) is 17.9. The van der Waals surface area contributed by atoms with Crippen molar-refractivity contribution in [2.45, 2.75) is 32.9 Å². The van der Waals surface area contributed by atoms with Crippen molar-refractivity contribution in [3.8, 4) is 10.4 Å². The lowest BCUT2D eigenvalue weighted by Gasteiger charge is -2.35. The fourth-order valence-corrected chi connectivity index (χ4v) is 4.34. The van der Waals surface area contributed by atoms with Crippen molar-refractivity contribution in [1.82, 2.24) is 9.80 Å². The molecule has 6 heteroatoms. The quantitative estimate of drug-likeness (QED) is 0.659. The molecule has 0 unspecified atom stereocenters. The third-order valence-corrected chi connectivity index (χ3v) is 5.79. The lowest BCUT2D eigenvalue weighted by atomic mass is 10.2. The Morgan fingerprint density at radius 3 is 2.54 bits per heavy atom. The second kappa shape index (κ2) is 8.11. The summed E-state index contributed by atoms with van der Waals surface area (Å²) < 4.78 is 6.56. The van der Waals surface area contributed by atoms with Crippen LogP contribution in [0.15, 0.2) is 40.9 Å². The summed E-state index contributed by atoms with van der Waals surface area (Å²) in [4.78, 5) is 19.0. The molecule has 1 aliphatic rings. The zero-order valence-electron chi connectivity index (χ0n) is 15.5. The number of halogens is 1. The summed E-state index contributed by atoms with van der Waals surface area (Å²) in [7, 11) is 0. The van der Waals surface area contributed by atoms with Crippen molar-refractivity contribution in [1.29, 1.82) is 0 Å². The van der Waals surface area contributed by atoms with Gasteiger partial charge in [-0.2, -0.15) is 0 Å². The van der Waals surface area contributed by atoms with E-state index in [0.29, 0.717) is 0 Å². The van der Waals surface area contributed by atoms with Gasteiger partial charge in [-0.1, -0.05) is 28.1 Å². The second-order valence-electron chi connectivity index (χ2n) is 7.52. The Balaban J connectivity index is 1.53. The maximum Gasteiger partial charge on any atom is 0.410 e. The first-order valence-corrected chi connectivity index (χ1v) is 10.5. The molecule has 0 bridgehead atoms. The lowest BCUT2D eigenvalue weighted by Crippen LogP contribution is -2.49. The molecule has 1 aliphatic heterocycles. The molecule has 4 nitrogen and oxygen atoms in total. The number of thiophene rings is 1. The van der Waals surface area contributed by atoms with Gasteiger partial charge in [0.15, 0.2) is 0 Å². The van der Waals surface area contributed by atoms with Crippen molar-refractivity contribution in [2.24, 2.45) is 0 Å². The van der Waals surface area contributed by atoms with Crippen LogP contribution >= 0.6 is 27.3 Å². The molecule has 2 heterocycles. The molecule has 3 rings (SSSR count). The molecule has 1 amide bonds. The number of nitrogens with zero attached hydrogens (tertiary/aromatic N) is 2. The van der Waals surface area contributed by atoms with E-state index in [-0.39, 0.29) is 6.09 Å². The maximum absolute atomic E-state index is 12.1. The van der Waals surface area contributed by atoms with Gasteiger partial charge in [0, 0.05) is 47.0 Å². The van der Waals surface area contributed by atoms with Crippen molar-refractivity contribution < 1.29 is 9.53 Å². The minimum Gasteiger partial charge on any atom is -0.444 e. The topological polar surface area (TPSA) is 32.8 Å². The summed E-state index contributed by atoms with van der Waals surface area (Å²) in [6.07, 6.45) is -0.204. The molecule has 140 valence electrons. The highest BCUT2D eigenvalue weighted by molar-refractivity contribution is 9.10. The van der Waals surface area contributed by atoms with Crippen LogP contribution in [0.3, 0.4) is 0 Å². The maximum atomic E-state index is 12.1. The van der Waals surface area contributed by atoms with E-state index in [9.17, 15) is 4.79 Å². The molecule has 0 saturated carbocycles. The van der Waals surface area contributed by atoms with E-state index >= 15 is 0 Å². The van der Waals surface area contributed by atoms with Crippen molar-refractivity contribution in [3.05, 3.63) is 45.7 Å². The molecule has 0 spiro atoms. The molecule has 1 aromatic carbocycles. The molecule has 2 aromatic rings. The van der Waals surface area contributed by atoms with Gasteiger partial charge in [0.2, 0.25) is 0 Å². The van der Waals surface area contributed by atoms with Gasteiger partial charge in [-0.15, -0.1) is 11.3 Å². The fourth-order valence-electron chi connectivity index (χ4n) is 2.90. The van der Waals surface area contributed by atoms with Gasteiger partial charge < -0.3 is 9.64 Å². The first-order valence-electron chi connectivity index (χ1n) is 8.85. The van der Waals surface area contributed by atoms with Gasteiger partial charge in [-0.05, 0) is 50.6 Å². The van der Waals surface area contributed by atoms with Crippen molar-refractivity contribution in [3.63, 3.8) is 0 Å². The third kappa shape index (κ3) is 5.32. The highest BCUT2D eigenvalue weighted by Gasteiger charge is 2.25. The summed E-state index contributed by atoms with van der Waals surface area (Å²) in [6.45, 7) is 9.84. The highest BCUT2D eigenvalue weighted by atomic mass is 79.9. The number of hydrogen-bond donors (Lipinski definition) is 0. The zero-order chi connectivity index (χ0) is 18.7. The Morgan fingerprint density at radius 1 is 1.15 bits per heavy atom. The van der Waals surface area contributed by atoms with Gasteiger partial charge in [0.1, 0.15) is 5.60 Å². The Kier molecular flexibility index (Phi) is 6.05. The molecule has 0 N–H and O–H groups in total. The molecule has 1 saturated heterocycles. The molecular weight excluding hydrogens is 412 g/mol. The average Bonchev–Trinajstić information content (AvgIpc) is 3.02. The Morgan fingerprint density at radius 2 is 1.88 bits per heavy atom. The van der Waals surface area contributed by atoms with Crippen LogP contribution in [-0.2, 0) is 11.3 Å². The summed E-state index contributed by atoms with van der Waals surface area (Å²) in [6, 6.07) is 12.8. The Hall–Kier alpha value is -1.37. The normalized spacial score (nSPS) is 15.9. The van der Waals surface area contributed by atoms with Gasteiger partial charge in [-0.25, -0.2) is 4.79 Å². The average molecular weight is 437 g/mol. The van der Waals surface area contributed by atoms with E-state index in [0.717, 1.165) is 37.2 Å². The van der Waals surface area contributed by atoms with Gasteiger partial charge in [0.25, 0.3) is 0 Å². The Labute approximate surface area is 167 Å². The van der Waals surface area contributed by atoms with E-state index in [2.05, 4.69) is 51.2 Å². The molecule has 1 aromatic heterocycles. The van der Waals surface area contributed by atoms with Crippen LogP contribution in [-0.4, -0.2) is 47.7 Å². The number of amides is 1. The summed E-state index contributed by atoms with van der Waals surface area (Å²) >= 11 is 5.37. The molecule has 1 fully saturated rings. The van der Waals surface area contributed by atoms with Crippen molar-refractivity contribution in [2.75, 3.05) is 26.2 Å². The largest absolute Gasteiger partial charge is 0.444 e. The SMILES string of the molecule is CC(C)(C)OC(=O)N1CCN(Cc2ccc(-c3cccc(Br)c3)s2)CC1. The van der Waals surface area contributed by atoms with Crippen LogP contribution in [0.5, 0.6) is 0 Å². The minimum absolute atomic E-state index is 0.204. The summed E-state index contributed by atoms with van der Waals surface area (Å²) in [5, 5.41) is 0. The molecule has 0 atom stereocenters. The smallest absolute Gasteiger partial charge is 0.410 e. The van der Waals surface area contributed by atoms with Crippen LogP contribution in [0.2, 0.25) is 0 Å². The van der Waals surface area contributed by atoms with E-state index in [4.69, 9.17) is 4.74 Å². The third-order valence-electron chi connectivity index (χ3n) is 4.17. The van der Waals surface area contributed by atoms with Crippen molar-refractivity contribution >= 4 is 33.4 Å². The van der Waals surface area contributed by atoms with E-state index in [1.807, 2.05) is 43.1 Å². The number of carbonyl (C=O) groups is 1. The lowest BCUT2D eigenvalue weighted by molar-refractivity contribution is 0.0140. The van der Waals surface area contributed by atoms with Crippen LogP contribution in [0.4, 0.5) is 4.79 Å². The molecule has 0 aliphatic carbocycles. The van der Waals surface area contributed by atoms with Gasteiger partial charge in [0.05, 0.1) is 0 Å². The standard InChI is InChI=1S/C20H25BrN2O2S/c1-20(2,3)25-19(24)23-11-9-22(10-12-23)14-17-7-8-18(26-17)15-5-4-6-16(21)13-15/h4-8,13H,9-12,14H2,1-3H3. The number of hydrogen-bond acceptors (Lipinski definition) is 4. The van der Waals surface area contributed by atoms with Crippen LogP contribution in [0.1, 0.15) is 25.6 Å². The fraction of sp³-hybridized carbons (Fsp3) is 0.450. The predicted molar refractivity (Wildman–Crippen MR) is 111 cm³/mol. The summed E-state index contributed by atoms with van der Waals surface area (Å²) in [5.74, 6) is 0. The molecule has 0 radical (unpaired) electrons. The van der Waals surface area contributed by atoms with Gasteiger partial charge >= 0.3 is 6.09 Å². The number of piperazine rings is 1.